The number of nitrogens with zero attached hydrogens (tertiary/aromatic N) is 1. The quantitative estimate of drug-likeness (QED) is 0.237. The van der Waals surface area contributed by atoms with Crippen molar-refractivity contribution in [2.45, 2.75) is 23.6 Å². The smallest absolute Gasteiger partial charge is 0.338 e. The van der Waals surface area contributed by atoms with Crippen LogP contribution in [0.2, 0.25) is 0 Å². The maximum atomic E-state index is 12.8. The molecule has 36 heavy (non-hydrogen) atoms. The summed E-state index contributed by atoms with van der Waals surface area (Å²) in [6, 6.07) is 12.2. The van der Waals surface area contributed by atoms with Crippen molar-refractivity contribution in [2.24, 2.45) is 11.8 Å². The molecule has 1 saturated heterocycles. The standard InChI is InChI=1S/C24H20BrCl2N3O6/c25-14-5-1-12(2-6-14)21(32)29-28-20(31)11-36-24(35)13-3-7-15(8-4-13)30-22(33)16-9-18(26)19(27)10-17(16)23(30)34/h1-8,16-19H,9-11H2,(H,28,31)(H,29,32)/t16-,17-,18-,19+/m1/s1. The SMILES string of the molecule is O=C(COC(=O)c1ccc(N2C(=O)[C@@H]3C[C@@H](Cl)[C@@H](Cl)C[C@H]3C2=O)cc1)NNC(=O)c1ccc(Br)cc1. The molecule has 12 heteroatoms. The van der Waals surface area contributed by atoms with Gasteiger partial charge in [-0.15, -0.1) is 23.2 Å². The molecular weight excluding hydrogens is 577 g/mol. The fraction of sp³-hybridized carbons (Fsp3) is 0.292. The number of halogens is 3. The van der Waals surface area contributed by atoms with E-state index in [4.69, 9.17) is 27.9 Å². The third-order valence-corrected chi connectivity index (χ3v) is 7.65. The molecule has 4 amide bonds. The molecule has 2 aromatic rings. The van der Waals surface area contributed by atoms with Crippen molar-refractivity contribution in [3.05, 3.63) is 64.1 Å². The second kappa shape index (κ2) is 11.0. The molecule has 188 valence electrons. The van der Waals surface area contributed by atoms with Crippen molar-refractivity contribution in [3.8, 4) is 0 Å². The van der Waals surface area contributed by atoms with E-state index in [9.17, 15) is 24.0 Å². The molecule has 0 radical (unpaired) electrons. The molecule has 2 fully saturated rings. The van der Waals surface area contributed by atoms with Gasteiger partial charge in [-0.3, -0.25) is 34.9 Å². The third-order valence-electron chi connectivity index (χ3n) is 6.03. The first kappa shape index (κ1) is 26.1. The predicted molar refractivity (Wildman–Crippen MR) is 134 cm³/mol. The first-order valence-electron chi connectivity index (χ1n) is 10.9. The molecule has 0 bridgehead atoms. The van der Waals surface area contributed by atoms with E-state index in [-0.39, 0.29) is 28.1 Å². The van der Waals surface area contributed by atoms with E-state index in [0.29, 0.717) is 24.1 Å². The van der Waals surface area contributed by atoms with Crippen LogP contribution in [-0.4, -0.2) is 47.0 Å². The zero-order valence-corrected chi connectivity index (χ0v) is 21.7. The second-order valence-corrected chi connectivity index (χ2v) is 10.4. The van der Waals surface area contributed by atoms with Gasteiger partial charge in [-0.1, -0.05) is 15.9 Å². The molecule has 9 nitrogen and oxygen atoms in total. The number of anilines is 1. The molecule has 0 aromatic heterocycles. The first-order chi connectivity index (χ1) is 17.2. The van der Waals surface area contributed by atoms with Crippen LogP contribution in [0.1, 0.15) is 33.6 Å². The lowest BCUT2D eigenvalue weighted by Crippen LogP contribution is -2.43. The van der Waals surface area contributed by atoms with Crippen LogP contribution in [0.3, 0.4) is 0 Å². The number of rotatable bonds is 5. The monoisotopic (exact) mass is 595 g/mol. The van der Waals surface area contributed by atoms with Crippen molar-refractivity contribution < 1.29 is 28.7 Å². The van der Waals surface area contributed by atoms with Crippen LogP contribution in [0.4, 0.5) is 5.69 Å². The van der Waals surface area contributed by atoms with Gasteiger partial charge < -0.3 is 4.74 Å². The van der Waals surface area contributed by atoms with E-state index in [1.165, 1.54) is 24.3 Å². The Morgan fingerprint density at radius 3 is 1.94 bits per heavy atom. The fourth-order valence-electron chi connectivity index (χ4n) is 4.15. The minimum absolute atomic E-state index is 0.114. The van der Waals surface area contributed by atoms with Gasteiger partial charge in [0, 0.05) is 10.0 Å². The average molecular weight is 597 g/mol. The highest BCUT2D eigenvalue weighted by atomic mass is 79.9. The summed E-state index contributed by atoms with van der Waals surface area (Å²) >= 11 is 15.7. The number of imide groups is 1. The molecule has 4 rings (SSSR count). The highest BCUT2D eigenvalue weighted by Crippen LogP contribution is 2.43. The summed E-state index contributed by atoms with van der Waals surface area (Å²) in [5.74, 6) is -3.76. The van der Waals surface area contributed by atoms with E-state index in [1.54, 1.807) is 24.3 Å². The molecule has 1 saturated carbocycles. The number of carbonyl (C=O) groups is 5. The second-order valence-electron chi connectivity index (χ2n) is 8.36. The van der Waals surface area contributed by atoms with Gasteiger partial charge in [0.15, 0.2) is 6.61 Å². The number of esters is 1. The Bertz CT molecular complexity index is 1180. The largest absolute Gasteiger partial charge is 0.452 e. The van der Waals surface area contributed by atoms with Crippen molar-refractivity contribution in [1.29, 1.82) is 0 Å². The van der Waals surface area contributed by atoms with Gasteiger partial charge in [0.1, 0.15) is 0 Å². The molecule has 2 N–H and O–H groups in total. The summed E-state index contributed by atoms with van der Waals surface area (Å²) in [6.45, 7) is -0.632. The van der Waals surface area contributed by atoms with Gasteiger partial charge >= 0.3 is 5.97 Å². The Morgan fingerprint density at radius 2 is 1.39 bits per heavy atom. The summed E-state index contributed by atoms with van der Waals surface area (Å²) in [6.07, 6.45) is 0.662. The van der Waals surface area contributed by atoms with Crippen LogP contribution in [0, 0.1) is 11.8 Å². The molecule has 1 heterocycles. The van der Waals surface area contributed by atoms with E-state index < -0.39 is 36.2 Å². The number of ether oxygens (including phenoxy) is 1. The predicted octanol–water partition coefficient (Wildman–Crippen LogP) is 3.18. The van der Waals surface area contributed by atoms with E-state index in [1.807, 2.05) is 0 Å². The highest BCUT2D eigenvalue weighted by molar-refractivity contribution is 9.10. The van der Waals surface area contributed by atoms with E-state index in [2.05, 4.69) is 26.8 Å². The summed E-state index contributed by atoms with van der Waals surface area (Å²) in [5, 5.41) is -0.763. The Labute approximate surface area is 224 Å². The number of hydrogen-bond donors (Lipinski definition) is 2. The Balaban J connectivity index is 1.29. The maximum absolute atomic E-state index is 12.8. The lowest BCUT2D eigenvalue weighted by atomic mass is 9.80. The number of alkyl halides is 2. The van der Waals surface area contributed by atoms with Crippen LogP contribution < -0.4 is 15.8 Å². The topological polar surface area (TPSA) is 122 Å². The summed E-state index contributed by atoms with van der Waals surface area (Å²) < 4.78 is 5.77. The van der Waals surface area contributed by atoms with Crippen LogP contribution in [-0.2, 0) is 19.1 Å². The average Bonchev–Trinajstić information content (AvgIpc) is 3.10. The van der Waals surface area contributed by atoms with Gasteiger partial charge in [0.05, 0.1) is 33.8 Å². The number of carbonyl (C=O) groups excluding carboxylic acids is 5. The van der Waals surface area contributed by atoms with Gasteiger partial charge in [-0.25, -0.2) is 4.79 Å². The summed E-state index contributed by atoms with van der Waals surface area (Å²) in [4.78, 5) is 63.0. The Morgan fingerprint density at radius 1 is 0.861 bits per heavy atom. The fourth-order valence-corrected chi connectivity index (χ4v) is 5.00. The molecule has 4 atom stereocenters. The lowest BCUT2D eigenvalue weighted by Gasteiger charge is -2.28. The molecule has 0 spiro atoms. The number of nitrogens with one attached hydrogen (secondary N) is 2. The molecule has 2 aromatic carbocycles. The van der Waals surface area contributed by atoms with Crippen molar-refractivity contribution in [2.75, 3.05) is 11.5 Å². The Kier molecular flexibility index (Phi) is 7.97. The highest BCUT2D eigenvalue weighted by Gasteiger charge is 2.52. The van der Waals surface area contributed by atoms with E-state index in [0.717, 1.165) is 9.37 Å². The number of hydrogen-bond acceptors (Lipinski definition) is 6. The summed E-state index contributed by atoms with van der Waals surface area (Å²) in [7, 11) is 0. The zero-order valence-electron chi connectivity index (χ0n) is 18.6. The molecule has 1 aliphatic carbocycles. The molecular formula is C24H20BrCl2N3O6. The number of hydrazine groups is 1. The van der Waals surface area contributed by atoms with Crippen LogP contribution in [0.15, 0.2) is 53.0 Å². The van der Waals surface area contributed by atoms with Crippen molar-refractivity contribution in [1.82, 2.24) is 10.9 Å². The van der Waals surface area contributed by atoms with Crippen LogP contribution in [0.5, 0.6) is 0 Å². The molecule has 2 aliphatic rings. The number of fused-ring (bicyclic) bond motifs is 1. The zero-order chi connectivity index (χ0) is 26.0. The van der Waals surface area contributed by atoms with Gasteiger partial charge in [-0.2, -0.15) is 0 Å². The summed E-state index contributed by atoms with van der Waals surface area (Å²) in [5.41, 5.74) is 5.15. The van der Waals surface area contributed by atoms with Crippen LogP contribution >= 0.6 is 39.1 Å². The van der Waals surface area contributed by atoms with E-state index >= 15 is 0 Å². The molecule has 1 aliphatic heterocycles. The minimum atomic E-state index is -0.793. The van der Waals surface area contributed by atoms with Crippen molar-refractivity contribution in [3.63, 3.8) is 0 Å². The van der Waals surface area contributed by atoms with Gasteiger partial charge in [-0.05, 0) is 61.4 Å². The Hall–Kier alpha value is -2.95. The lowest BCUT2D eigenvalue weighted by molar-refractivity contribution is -0.125. The minimum Gasteiger partial charge on any atom is -0.452 e. The number of amides is 4. The van der Waals surface area contributed by atoms with Gasteiger partial charge in [0.25, 0.3) is 11.8 Å². The third kappa shape index (κ3) is 5.55. The maximum Gasteiger partial charge on any atom is 0.338 e. The number of benzene rings is 2. The van der Waals surface area contributed by atoms with Gasteiger partial charge in [0.2, 0.25) is 11.8 Å². The normalized spacial score (nSPS) is 23.1. The molecule has 0 unspecified atom stereocenters. The van der Waals surface area contributed by atoms with Crippen molar-refractivity contribution >= 4 is 74.4 Å². The first-order valence-corrected chi connectivity index (χ1v) is 12.6. The van der Waals surface area contributed by atoms with Crippen LogP contribution in [0.25, 0.3) is 0 Å².